The number of halogens is 5. The maximum atomic E-state index is 13.3. The molecule has 0 aromatic heterocycles. The summed E-state index contributed by atoms with van der Waals surface area (Å²) in [6.45, 7) is 6.47. The summed E-state index contributed by atoms with van der Waals surface area (Å²) in [5, 5.41) is 30.5. The van der Waals surface area contributed by atoms with Crippen LogP contribution in [0.2, 0.25) is 0 Å². The molecule has 37 heavy (non-hydrogen) atoms. The van der Waals surface area contributed by atoms with Crippen molar-refractivity contribution in [2.24, 2.45) is 22.7 Å². The van der Waals surface area contributed by atoms with Crippen LogP contribution in [-0.4, -0.2) is 39.6 Å². The lowest BCUT2D eigenvalue weighted by atomic mass is 9.44. The maximum absolute atomic E-state index is 13.3. The Bertz CT molecular complexity index is 979. The number of phenols is 1. The molecule has 0 heterocycles. The van der Waals surface area contributed by atoms with Crippen molar-refractivity contribution in [3.63, 3.8) is 0 Å². The molecule has 0 radical (unpaired) electrons. The third kappa shape index (κ3) is 4.81. The van der Waals surface area contributed by atoms with Gasteiger partial charge >= 0.3 is 12.1 Å². The average Bonchev–Trinajstić information content (AvgIpc) is 3.14. The fourth-order valence-corrected chi connectivity index (χ4v) is 8.16. The monoisotopic (exact) mass is 530 g/mol. The SMILES string of the molecule is C=CC12CCc3cc(O)ccc3[C@H]1[C@@H](CCCCCC[C@@H](O)C(F)(F)C(F)(F)F)C[C@]1(C)[C@@H](O)CC[C@@H]21. The molecule has 3 aliphatic rings. The Labute approximate surface area is 215 Å². The van der Waals surface area contributed by atoms with Crippen molar-refractivity contribution in [2.75, 3.05) is 0 Å². The molecule has 1 aromatic rings. The van der Waals surface area contributed by atoms with Gasteiger partial charge in [-0.25, -0.2) is 0 Å². The van der Waals surface area contributed by atoms with Crippen LogP contribution in [0.3, 0.4) is 0 Å². The molecule has 0 saturated heterocycles. The van der Waals surface area contributed by atoms with Crippen LogP contribution in [0.5, 0.6) is 5.75 Å². The van der Waals surface area contributed by atoms with Crippen LogP contribution in [-0.2, 0) is 6.42 Å². The molecule has 3 aliphatic carbocycles. The summed E-state index contributed by atoms with van der Waals surface area (Å²) < 4.78 is 63.9. The lowest BCUT2D eigenvalue weighted by Crippen LogP contribution is -2.54. The third-order valence-corrected chi connectivity index (χ3v) is 9.96. The summed E-state index contributed by atoms with van der Waals surface area (Å²) in [6.07, 6.45) is -0.170. The first kappa shape index (κ1) is 28.3. The van der Waals surface area contributed by atoms with Crippen molar-refractivity contribution in [3.8, 4) is 5.75 Å². The lowest BCUT2D eigenvalue weighted by molar-refractivity contribution is -0.313. The van der Waals surface area contributed by atoms with Crippen LogP contribution in [0, 0.1) is 22.7 Å². The first-order valence-electron chi connectivity index (χ1n) is 13.5. The Balaban J connectivity index is 1.46. The normalized spacial score (nSPS) is 34.4. The van der Waals surface area contributed by atoms with Gasteiger partial charge in [0.15, 0.2) is 0 Å². The Morgan fingerprint density at radius 2 is 1.81 bits per heavy atom. The molecule has 4 rings (SSSR count). The highest BCUT2D eigenvalue weighted by Crippen LogP contribution is 2.69. The molecular weight excluding hydrogens is 491 g/mol. The summed E-state index contributed by atoms with van der Waals surface area (Å²) in [4.78, 5) is 0. The fraction of sp³-hybridized carbons (Fsp3) is 0.724. The standard InChI is InChI=1S/C29H39F5O3/c1-3-27-15-14-18-16-20(35)10-11-21(18)25(27)19(17-26(2)22(27)12-13-23(26)36)8-6-4-5-7-9-24(37)28(30,31)29(32,33)34/h3,10-11,16,19,22-25,35-37H,1,4-9,12-15,17H2,2H3/t19-,22+,23-,24+,25+,26-,27?/m0/s1. The van der Waals surface area contributed by atoms with E-state index >= 15 is 0 Å². The zero-order chi connectivity index (χ0) is 27.2. The highest BCUT2D eigenvalue weighted by atomic mass is 19.4. The third-order valence-electron chi connectivity index (χ3n) is 9.96. The summed E-state index contributed by atoms with van der Waals surface area (Å²) in [7, 11) is 0. The highest BCUT2D eigenvalue weighted by Gasteiger charge is 2.63. The Hall–Kier alpha value is -1.67. The van der Waals surface area contributed by atoms with E-state index in [-0.39, 0.29) is 40.9 Å². The van der Waals surface area contributed by atoms with Crippen LogP contribution in [0.4, 0.5) is 22.0 Å². The number of phenolic OH excluding ortho intramolecular Hbond substituents is 1. The summed E-state index contributed by atoms with van der Waals surface area (Å²) >= 11 is 0. The van der Waals surface area contributed by atoms with E-state index in [0.717, 1.165) is 50.5 Å². The lowest BCUT2D eigenvalue weighted by Gasteiger charge is -2.60. The zero-order valence-corrected chi connectivity index (χ0v) is 21.4. The van der Waals surface area contributed by atoms with Gasteiger partial charge in [0.25, 0.3) is 0 Å². The number of fused-ring (bicyclic) bond motifs is 5. The van der Waals surface area contributed by atoms with Crippen LogP contribution >= 0.6 is 0 Å². The number of alkyl halides is 5. The maximum Gasteiger partial charge on any atom is 0.456 e. The van der Waals surface area contributed by atoms with Crippen LogP contribution in [0.1, 0.15) is 88.2 Å². The first-order chi connectivity index (χ1) is 17.3. The van der Waals surface area contributed by atoms with Crippen molar-refractivity contribution in [3.05, 3.63) is 42.0 Å². The molecule has 1 unspecified atom stereocenters. The van der Waals surface area contributed by atoms with Crippen molar-refractivity contribution in [1.82, 2.24) is 0 Å². The van der Waals surface area contributed by atoms with Crippen LogP contribution in [0.15, 0.2) is 30.9 Å². The summed E-state index contributed by atoms with van der Waals surface area (Å²) in [5.41, 5.74) is 1.99. The average molecular weight is 531 g/mol. The van der Waals surface area contributed by atoms with Gasteiger partial charge in [-0.15, -0.1) is 6.58 Å². The number of unbranched alkanes of at least 4 members (excludes halogenated alkanes) is 3. The van der Waals surface area contributed by atoms with Gasteiger partial charge in [0.1, 0.15) is 11.9 Å². The smallest absolute Gasteiger partial charge is 0.456 e. The number of allylic oxidation sites excluding steroid dienone is 1. The topological polar surface area (TPSA) is 60.7 Å². The van der Waals surface area contributed by atoms with Crippen molar-refractivity contribution >= 4 is 0 Å². The van der Waals surface area contributed by atoms with E-state index in [4.69, 9.17) is 0 Å². The minimum Gasteiger partial charge on any atom is -0.508 e. The van der Waals surface area contributed by atoms with Gasteiger partial charge in [-0.2, -0.15) is 22.0 Å². The van der Waals surface area contributed by atoms with E-state index in [9.17, 15) is 37.3 Å². The molecule has 0 aliphatic heterocycles. The molecule has 0 bridgehead atoms. The second-order valence-corrected chi connectivity index (χ2v) is 11.9. The molecule has 3 nitrogen and oxygen atoms in total. The van der Waals surface area contributed by atoms with Gasteiger partial charge in [0.2, 0.25) is 0 Å². The number of aryl methyl sites for hydroxylation is 1. The molecular formula is C29H39F5O3. The number of aliphatic hydroxyl groups is 2. The van der Waals surface area contributed by atoms with Gasteiger partial charge in [0.05, 0.1) is 6.10 Å². The van der Waals surface area contributed by atoms with E-state index < -0.39 is 24.6 Å². The molecule has 2 fully saturated rings. The van der Waals surface area contributed by atoms with E-state index in [1.807, 2.05) is 12.1 Å². The van der Waals surface area contributed by atoms with Gasteiger partial charge in [-0.3, -0.25) is 0 Å². The van der Waals surface area contributed by atoms with E-state index in [1.54, 1.807) is 6.07 Å². The Morgan fingerprint density at radius 1 is 1.11 bits per heavy atom. The predicted octanol–water partition coefficient (Wildman–Crippen LogP) is 7.29. The summed E-state index contributed by atoms with van der Waals surface area (Å²) in [5.74, 6) is -4.09. The number of hydrogen-bond acceptors (Lipinski definition) is 3. The predicted molar refractivity (Wildman–Crippen MR) is 131 cm³/mol. The quantitative estimate of drug-likeness (QED) is 0.179. The second-order valence-electron chi connectivity index (χ2n) is 11.9. The minimum atomic E-state index is -5.75. The molecule has 7 atom stereocenters. The van der Waals surface area contributed by atoms with Crippen molar-refractivity contribution in [2.45, 2.75) is 108 Å². The molecule has 3 N–H and O–H groups in total. The van der Waals surface area contributed by atoms with Gasteiger partial charge in [-0.1, -0.05) is 44.7 Å². The molecule has 208 valence electrons. The van der Waals surface area contributed by atoms with Gasteiger partial charge < -0.3 is 15.3 Å². The van der Waals surface area contributed by atoms with E-state index in [1.165, 1.54) is 5.56 Å². The second kappa shape index (κ2) is 10.1. The number of aromatic hydroxyl groups is 1. The van der Waals surface area contributed by atoms with Crippen molar-refractivity contribution < 1.29 is 37.3 Å². The fourth-order valence-electron chi connectivity index (χ4n) is 8.16. The molecule has 1 aromatic carbocycles. The molecule has 8 heteroatoms. The molecule has 0 spiro atoms. The number of hydrogen-bond donors (Lipinski definition) is 3. The van der Waals surface area contributed by atoms with Crippen LogP contribution < -0.4 is 0 Å². The van der Waals surface area contributed by atoms with Gasteiger partial charge in [0, 0.05) is 0 Å². The van der Waals surface area contributed by atoms with Crippen molar-refractivity contribution in [1.29, 1.82) is 0 Å². The van der Waals surface area contributed by atoms with E-state index in [0.29, 0.717) is 18.8 Å². The summed E-state index contributed by atoms with van der Waals surface area (Å²) in [6, 6.07) is 5.60. The number of rotatable bonds is 9. The van der Waals surface area contributed by atoms with Crippen LogP contribution in [0.25, 0.3) is 0 Å². The molecule has 0 amide bonds. The number of benzene rings is 1. The first-order valence-corrected chi connectivity index (χ1v) is 13.5. The zero-order valence-electron chi connectivity index (χ0n) is 21.4. The Morgan fingerprint density at radius 3 is 2.49 bits per heavy atom. The number of aliphatic hydroxyl groups excluding tert-OH is 2. The molecule has 2 saturated carbocycles. The Kier molecular flexibility index (Phi) is 7.77. The highest BCUT2D eigenvalue weighted by molar-refractivity contribution is 5.43. The van der Waals surface area contributed by atoms with E-state index in [2.05, 4.69) is 19.6 Å². The van der Waals surface area contributed by atoms with Gasteiger partial charge in [-0.05, 0) is 96.8 Å². The minimum absolute atomic E-state index is 0.0954. The largest absolute Gasteiger partial charge is 0.508 e.